The van der Waals surface area contributed by atoms with Gasteiger partial charge in [0.05, 0.1) is 11.9 Å². The van der Waals surface area contributed by atoms with Crippen molar-refractivity contribution in [3.63, 3.8) is 0 Å². The molecule has 2 aliphatic heterocycles. The zero-order chi connectivity index (χ0) is 23.9. The maximum absolute atomic E-state index is 12.2. The van der Waals surface area contributed by atoms with Gasteiger partial charge in [0.1, 0.15) is 12.5 Å². The molecule has 34 heavy (non-hydrogen) atoms. The third-order valence-electron chi connectivity index (χ3n) is 6.48. The molecule has 2 aliphatic rings. The van der Waals surface area contributed by atoms with Crippen LogP contribution in [0.4, 0.5) is 10.2 Å². The normalized spacial score (nSPS) is 16.6. The van der Waals surface area contributed by atoms with Gasteiger partial charge in [-0.1, -0.05) is 24.8 Å². The summed E-state index contributed by atoms with van der Waals surface area (Å²) in [5, 5.41) is 9.57. The molecule has 0 unspecified atom stereocenters. The Labute approximate surface area is 200 Å². The van der Waals surface area contributed by atoms with E-state index in [4.69, 9.17) is 0 Å². The molecular formula is C27H33FN6. The fourth-order valence-corrected chi connectivity index (χ4v) is 4.49. The fourth-order valence-electron chi connectivity index (χ4n) is 4.49. The third-order valence-corrected chi connectivity index (χ3v) is 6.48. The highest BCUT2D eigenvalue weighted by Crippen LogP contribution is 2.26. The number of fused-ring (bicyclic) bond motifs is 1. The number of hydrogen-bond donors (Lipinski definition) is 1. The van der Waals surface area contributed by atoms with E-state index in [0.717, 1.165) is 54.8 Å². The van der Waals surface area contributed by atoms with Crippen LogP contribution in [-0.4, -0.2) is 58.7 Å². The molecule has 1 saturated heterocycles. The number of piperidine rings is 1. The fraction of sp³-hybridized carbons (Fsp3) is 0.370. The summed E-state index contributed by atoms with van der Waals surface area (Å²) in [6, 6.07) is 8.40. The van der Waals surface area contributed by atoms with Crippen LogP contribution in [0.2, 0.25) is 0 Å². The monoisotopic (exact) mass is 460 g/mol. The first-order valence-electron chi connectivity index (χ1n) is 11.8. The Morgan fingerprint density at radius 1 is 1.15 bits per heavy atom. The zero-order valence-corrected chi connectivity index (χ0v) is 20.0. The lowest BCUT2D eigenvalue weighted by atomic mass is 9.91. The number of halogens is 1. The first-order chi connectivity index (χ1) is 16.6. The van der Waals surface area contributed by atoms with Crippen LogP contribution in [-0.2, 0) is 7.05 Å². The number of aromatic nitrogens is 3. The Kier molecular flexibility index (Phi) is 7.85. The second-order valence-electron chi connectivity index (χ2n) is 8.73. The Morgan fingerprint density at radius 2 is 1.97 bits per heavy atom. The number of allylic oxidation sites excluding steroid dienone is 2. The van der Waals surface area contributed by atoms with Gasteiger partial charge in [0, 0.05) is 62.0 Å². The number of anilines is 1. The molecule has 5 rings (SSSR count). The van der Waals surface area contributed by atoms with E-state index < -0.39 is 0 Å². The lowest BCUT2D eigenvalue weighted by molar-refractivity contribution is 0.194. The number of nitrogens with one attached hydrogen (secondary N) is 1. The minimum Gasteiger partial charge on any atom is -0.373 e. The van der Waals surface area contributed by atoms with Gasteiger partial charge >= 0.3 is 0 Å². The number of likely N-dealkylation sites (tertiary alicyclic amines) is 1. The predicted octanol–water partition coefficient (Wildman–Crippen LogP) is 5.26. The van der Waals surface area contributed by atoms with Gasteiger partial charge in [0.25, 0.3) is 0 Å². The van der Waals surface area contributed by atoms with Gasteiger partial charge in [0.2, 0.25) is 0 Å². The molecule has 1 fully saturated rings. The van der Waals surface area contributed by atoms with Crippen molar-refractivity contribution in [2.24, 2.45) is 18.0 Å². The van der Waals surface area contributed by atoms with E-state index in [0.29, 0.717) is 12.5 Å². The van der Waals surface area contributed by atoms with Gasteiger partial charge < -0.3 is 10.2 Å². The van der Waals surface area contributed by atoms with Gasteiger partial charge in [-0.15, -0.1) is 0 Å². The van der Waals surface area contributed by atoms with E-state index in [9.17, 15) is 4.39 Å². The SMILES string of the molecule is C=CC1=CCC(C2CCN(CCF)CC2)=N1.CNc1cc2cc(-c3cnn(C)c3)ccc2cn1. The van der Waals surface area contributed by atoms with E-state index in [-0.39, 0.29) is 6.67 Å². The number of hydrogen-bond acceptors (Lipinski definition) is 5. The first-order valence-corrected chi connectivity index (χ1v) is 11.8. The Hall–Kier alpha value is -3.32. The van der Waals surface area contributed by atoms with Crippen molar-refractivity contribution in [3.05, 3.63) is 67.3 Å². The maximum atomic E-state index is 12.2. The molecule has 0 aliphatic carbocycles. The summed E-state index contributed by atoms with van der Waals surface area (Å²) in [4.78, 5) is 11.1. The summed E-state index contributed by atoms with van der Waals surface area (Å²) in [7, 11) is 3.80. The van der Waals surface area contributed by atoms with Crippen LogP contribution < -0.4 is 5.32 Å². The van der Waals surface area contributed by atoms with Gasteiger partial charge in [-0.3, -0.25) is 9.67 Å². The minimum absolute atomic E-state index is 0.228. The number of alkyl halides is 1. The third kappa shape index (κ3) is 5.78. The first kappa shape index (κ1) is 23.8. The van der Waals surface area contributed by atoms with Crippen LogP contribution in [0, 0.1) is 5.92 Å². The van der Waals surface area contributed by atoms with Crippen LogP contribution in [0.5, 0.6) is 0 Å². The van der Waals surface area contributed by atoms with Gasteiger partial charge in [0.15, 0.2) is 0 Å². The molecule has 7 heteroatoms. The van der Waals surface area contributed by atoms with Gasteiger partial charge in [-0.25, -0.2) is 9.37 Å². The second kappa shape index (κ2) is 11.2. The number of benzene rings is 1. The molecule has 0 radical (unpaired) electrons. The highest BCUT2D eigenvalue weighted by Gasteiger charge is 2.24. The van der Waals surface area contributed by atoms with E-state index >= 15 is 0 Å². The van der Waals surface area contributed by atoms with Crippen LogP contribution in [0.15, 0.2) is 72.3 Å². The summed E-state index contributed by atoms with van der Waals surface area (Å²) in [6.45, 7) is 6.12. The van der Waals surface area contributed by atoms with Crippen LogP contribution in [0.1, 0.15) is 19.3 Å². The molecule has 4 heterocycles. The standard InChI is InChI=1S/C14H14N4.C13H19FN2/c1-15-14-6-12-5-10(3-4-11(12)7-16-14)13-8-17-18(2)9-13;1-2-12-3-4-13(15-12)11-5-8-16(9-6-11)10-7-14/h3-9H,1-2H3,(H,15,16);2-3,11H,1,4-10H2. The number of pyridine rings is 1. The molecule has 178 valence electrons. The molecule has 0 saturated carbocycles. The molecule has 0 bridgehead atoms. The Balaban J connectivity index is 0.000000162. The lowest BCUT2D eigenvalue weighted by Crippen LogP contribution is -2.37. The Morgan fingerprint density at radius 3 is 2.62 bits per heavy atom. The average molecular weight is 461 g/mol. The van der Waals surface area contributed by atoms with E-state index in [2.05, 4.69) is 62.2 Å². The topological polar surface area (TPSA) is 58.3 Å². The molecule has 1 aromatic carbocycles. The van der Waals surface area contributed by atoms with E-state index in [1.54, 1.807) is 0 Å². The Bertz CT molecular complexity index is 1190. The summed E-state index contributed by atoms with van der Waals surface area (Å²) in [6.07, 6.45) is 12.9. The maximum Gasteiger partial charge on any atom is 0.126 e. The highest BCUT2D eigenvalue weighted by atomic mass is 19.1. The molecular weight excluding hydrogens is 427 g/mol. The largest absolute Gasteiger partial charge is 0.373 e. The highest BCUT2D eigenvalue weighted by molar-refractivity contribution is 5.91. The minimum atomic E-state index is -0.228. The second-order valence-corrected chi connectivity index (χ2v) is 8.73. The number of aryl methyl sites for hydroxylation is 1. The molecule has 0 atom stereocenters. The van der Waals surface area contributed by atoms with Crippen molar-refractivity contribution in [1.29, 1.82) is 0 Å². The average Bonchev–Trinajstić information content (AvgIpc) is 3.54. The van der Waals surface area contributed by atoms with Crippen LogP contribution in [0.25, 0.3) is 21.9 Å². The molecule has 3 aromatic rings. The van der Waals surface area contributed by atoms with Crippen molar-refractivity contribution < 1.29 is 4.39 Å². The van der Waals surface area contributed by atoms with Crippen molar-refractivity contribution in [1.82, 2.24) is 19.7 Å². The van der Waals surface area contributed by atoms with Gasteiger partial charge in [-0.2, -0.15) is 5.10 Å². The van der Waals surface area contributed by atoms with Crippen LogP contribution >= 0.6 is 0 Å². The number of nitrogens with zero attached hydrogens (tertiary/aromatic N) is 5. The van der Waals surface area contributed by atoms with E-state index in [1.165, 1.54) is 16.7 Å². The van der Waals surface area contributed by atoms with Crippen molar-refractivity contribution in [2.75, 3.05) is 38.7 Å². The molecule has 6 nitrogen and oxygen atoms in total. The van der Waals surface area contributed by atoms with Crippen molar-refractivity contribution in [2.45, 2.75) is 19.3 Å². The smallest absolute Gasteiger partial charge is 0.126 e. The summed E-state index contributed by atoms with van der Waals surface area (Å²) < 4.78 is 14.0. The number of aliphatic imine (C=N–C) groups is 1. The summed E-state index contributed by atoms with van der Waals surface area (Å²) in [5.41, 5.74) is 4.61. The van der Waals surface area contributed by atoms with E-state index in [1.807, 2.05) is 43.4 Å². The van der Waals surface area contributed by atoms with Gasteiger partial charge in [-0.05, 0) is 55.1 Å². The molecule has 0 spiro atoms. The number of rotatable bonds is 6. The molecule has 2 aromatic heterocycles. The quantitative estimate of drug-likeness (QED) is 0.545. The molecule has 0 amide bonds. The zero-order valence-electron chi connectivity index (χ0n) is 20.0. The summed E-state index contributed by atoms with van der Waals surface area (Å²) in [5.74, 6) is 1.48. The predicted molar refractivity (Wildman–Crippen MR) is 139 cm³/mol. The van der Waals surface area contributed by atoms with Crippen molar-refractivity contribution in [3.8, 4) is 11.1 Å². The molecule has 1 N–H and O–H groups in total. The van der Waals surface area contributed by atoms with Crippen LogP contribution in [0.3, 0.4) is 0 Å². The lowest BCUT2D eigenvalue weighted by Gasteiger charge is -2.31. The van der Waals surface area contributed by atoms with Crippen molar-refractivity contribution >= 4 is 22.3 Å². The summed E-state index contributed by atoms with van der Waals surface area (Å²) >= 11 is 0.